The minimum absolute atomic E-state index is 0.00245. The van der Waals surface area contributed by atoms with Crippen LogP contribution in [0.25, 0.3) is 0 Å². The first kappa shape index (κ1) is 16.8. The van der Waals surface area contributed by atoms with Crippen LogP contribution in [0.4, 0.5) is 11.4 Å². The van der Waals surface area contributed by atoms with Gasteiger partial charge >= 0.3 is 0 Å². The maximum atomic E-state index is 12.7. The minimum Gasteiger partial charge on any atom is -0.381 e. The highest BCUT2D eigenvalue weighted by Crippen LogP contribution is 2.31. The Hall–Kier alpha value is -1.59. The van der Waals surface area contributed by atoms with Gasteiger partial charge in [0.15, 0.2) is 0 Å². The second-order valence-corrected chi connectivity index (χ2v) is 6.31. The summed E-state index contributed by atoms with van der Waals surface area (Å²) in [5.41, 5.74) is 7.28. The molecular formula is C17H27N3O2. The second-order valence-electron chi connectivity index (χ2n) is 6.31. The van der Waals surface area contributed by atoms with Crippen LogP contribution in [0.1, 0.15) is 26.7 Å². The highest BCUT2D eigenvalue weighted by molar-refractivity contribution is 5.96. The third-order valence-electron chi connectivity index (χ3n) is 4.61. The fourth-order valence-electron chi connectivity index (χ4n) is 2.65. The lowest BCUT2D eigenvalue weighted by Crippen LogP contribution is -2.46. The number of hydrogen-bond acceptors (Lipinski definition) is 4. The normalized spacial score (nSPS) is 17.3. The zero-order valence-corrected chi connectivity index (χ0v) is 13.8. The largest absolute Gasteiger partial charge is 0.381 e. The Kier molecular flexibility index (Phi) is 5.42. The van der Waals surface area contributed by atoms with Crippen molar-refractivity contribution in [1.29, 1.82) is 0 Å². The van der Waals surface area contributed by atoms with Gasteiger partial charge in [0.05, 0.1) is 5.41 Å². The van der Waals surface area contributed by atoms with Gasteiger partial charge in [-0.2, -0.15) is 0 Å². The Morgan fingerprint density at radius 3 is 2.68 bits per heavy atom. The standard InChI is InChI=1S/C17H27N3O2/c1-13(2)20(3)15-6-4-5-14(11-15)19-16(21)17(12-18)7-9-22-10-8-17/h4-6,11,13H,7-10,12,18H2,1-3H3,(H,19,21). The number of carbonyl (C=O) groups is 1. The molecule has 0 saturated carbocycles. The number of nitrogens with zero attached hydrogens (tertiary/aromatic N) is 1. The van der Waals surface area contributed by atoms with E-state index in [2.05, 4.69) is 24.1 Å². The van der Waals surface area contributed by atoms with Crippen LogP contribution in [0.3, 0.4) is 0 Å². The summed E-state index contributed by atoms with van der Waals surface area (Å²) in [4.78, 5) is 14.8. The molecule has 1 heterocycles. The molecule has 1 aliphatic heterocycles. The van der Waals surface area contributed by atoms with Crippen molar-refractivity contribution in [3.8, 4) is 0 Å². The SMILES string of the molecule is CC(C)N(C)c1cccc(NC(=O)C2(CN)CCOCC2)c1. The van der Waals surface area contributed by atoms with E-state index >= 15 is 0 Å². The smallest absolute Gasteiger partial charge is 0.232 e. The van der Waals surface area contributed by atoms with Crippen LogP contribution in [0.5, 0.6) is 0 Å². The zero-order chi connectivity index (χ0) is 16.2. The summed E-state index contributed by atoms with van der Waals surface area (Å²) in [6, 6.07) is 8.32. The Morgan fingerprint density at radius 1 is 1.41 bits per heavy atom. The molecule has 2 rings (SSSR count). The number of hydrogen-bond donors (Lipinski definition) is 2. The summed E-state index contributed by atoms with van der Waals surface area (Å²) < 4.78 is 5.36. The van der Waals surface area contributed by atoms with Crippen LogP contribution in [-0.2, 0) is 9.53 Å². The molecule has 1 amide bonds. The Balaban J connectivity index is 2.12. The lowest BCUT2D eigenvalue weighted by atomic mass is 9.79. The molecule has 1 aromatic rings. The molecule has 1 aromatic carbocycles. The molecule has 122 valence electrons. The molecule has 0 radical (unpaired) electrons. The summed E-state index contributed by atoms with van der Waals surface area (Å²) in [5.74, 6) is 0.00245. The number of ether oxygens (including phenoxy) is 1. The number of nitrogens with one attached hydrogen (secondary N) is 1. The number of carbonyl (C=O) groups excluding carboxylic acids is 1. The highest BCUT2D eigenvalue weighted by atomic mass is 16.5. The number of nitrogens with two attached hydrogens (primary N) is 1. The van der Waals surface area contributed by atoms with Crippen molar-refractivity contribution >= 4 is 17.3 Å². The van der Waals surface area contributed by atoms with Gasteiger partial charge in [-0.25, -0.2) is 0 Å². The Bertz CT molecular complexity index is 510. The number of anilines is 2. The number of amides is 1. The van der Waals surface area contributed by atoms with Crippen molar-refractivity contribution in [3.63, 3.8) is 0 Å². The van der Waals surface area contributed by atoms with E-state index in [9.17, 15) is 4.79 Å². The topological polar surface area (TPSA) is 67.6 Å². The molecule has 5 nitrogen and oxygen atoms in total. The molecule has 0 unspecified atom stereocenters. The quantitative estimate of drug-likeness (QED) is 0.875. The Morgan fingerprint density at radius 2 is 2.09 bits per heavy atom. The van der Waals surface area contributed by atoms with Gasteiger partial charge in [0, 0.05) is 44.2 Å². The van der Waals surface area contributed by atoms with Crippen LogP contribution in [0.15, 0.2) is 24.3 Å². The molecule has 0 aliphatic carbocycles. The summed E-state index contributed by atoms with van der Waals surface area (Å²) in [5, 5.41) is 3.04. The molecule has 1 aliphatic rings. The summed E-state index contributed by atoms with van der Waals surface area (Å²) >= 11 is 0. The maximum absolute atomic E-state index is 12.7. The molecule has 3 N–H and O–H groups in total. The van der Waals surface area contributed by atoms with Gasteiger partial charge in [0.25, 0.3) is 0 Å². The summed E-state index contributed by atoms with van der Waals surface area (Å²) in [7, 11) is 2.05. The van der Waals surface area contributed by atoms with Crippen LogP contribution in [0, 0.1) is 5.41 Å². The van der Waals surface area contributed by atoms with E-state index in [0.29, 0.717) is 38.6 Å². The lowest BCUT2D eigenvalue weighted by Gasteiger charge is -2.34. The van der Waals surface area contributed by atoms with Crippen molar-refractivity contribution in [2.45, 2.75) is 32.7 Å². The van der Waals surface area contributed by atoms with Gasteiger partial charge in [-0.15, -0.1) is 0 Å². The molecule has 0 spiro atoms. The van der Waals surface area contributed by atoms with Gasteiger partial charge in [-0.1, -0.05) is 6.07 Å². The average molecular weight is 305 g/mol. The average Bonchev–Trinajstić information content (AvgIpc) is 2.54. The third-order valence-corrected chi connectivity index (χ3v) is 4.61. The van der Waals surface area contributed by atoms with E-state index in [1.165, 1.54) is 0 Å². The number of rotatable bonds is 5. The van der Waals surface area contributed by atoms with Crippen molar-refractivity contribution in [3.05, 3.63) is 24.3 Å². The van der Waals surface area contributed by atoms with Crippen LogP contribution in [0.2, 0.25) is 0 Å². The minimum atomic E-state index is -0.502. The van der Waals surface area contributed by atoms with E-state index in [0.717, 1.165) is 11.4 Å². The highest BCUT2D eigenvalue weighted by Gasteiger charge is 2.38. The van der Waals surface area contributed by atoms with Crippen LogP contribution >= 0.6 is 0 Å². The van der Waals surface area contributed by atoms with E-state index in [1.54, 1.807) is 0 Å². The van der Waals surface area contributed by atoms with Crippen molar-refractivity contribution < 1.29 is 9.53 Å². The van der Waals surface area contributed by atoms with E-state index in [4.69, 9.17) is 10.5 Å². The molecule has 0 atom stereocenters. The Labute approximate surface area is 132 Å². The molecule has 1 fully saturated rings. The van der Waals surface area contributed by atoms with Gasteiger partial charge < -0.3 is 20.7 Å². The fraction of sp³-hybridized carbons (Fsp3) is 0.588. The van der Waals surface area contributed by atoms with Crippen LogP contribution < -0.4 is 16.0 Å². The van der Waals surface area contributed by atoms with Gasteiger partial charge in [0.1, 0.15) is 0 Å². The van der Waals surface area contributed by atoms with E-state index in [1.807, 2.05) is 31.3 Å². The maximum Gasteiger partial charge on any atom is 0.232 e. The second kappa shape index (κ2) is 7.11. The molecule has 5 heteroatoms. The van der Waals surface area contributed by atoms with Crippen LogP contribution in [-0.4, -0.2) is 38.8 Å². The number of benzene rings is 1. The molecular weight excluding hydrogens is 278 g/mol. The summed E-state index contributed by atoms with van der Waals surface area (Å²) in [6.07, 6.45) is 1.36. The van der Waals surface area contributed by atoms with Gasteiger partial charge in [-0.05, 0) is 44.9 Å². The van der Waals surface area contributed by atoms with Crippen molar-refractivity contribution in [1.82, 2.24) is 0 Å². The predicted molar refractivity (Wildman–Crippen MR) is 90.2 cm³/mol. The molecule has 1 saturated heterocycles. The van der Waals surface area contributed by atoms with Crippen molar-refractivity contribution in [2.24, 2.45) is 11.1 Å². The lowest BCUT2D eigenvalue weighted by molar-refractivity contribution is -0.130. The predicted octanol–water partition coefficient (Wildman–Crippen LogP) is 2.23. The van der Waals surface area contributed by atoms with Gasteiger partial charge in [0.2, 0.25) is 5.91 Å². The molecule has 0 aromatic heterocycles. The monoisotopic (exact) mass is 305 g/mol. The van der Waals surface area contributed by atoms with E-state index < -0.39 is 5.41 Å². The first-order valence-corrected chi connectivity index (χ1v) is 7.91. The van der Waals surface area contributed by atoms with Gasteiger partial charge in [-0.3, -0.25) is 4.79 Å². The fourth-order valence-corrected chi connectivity index (χ4v) is 2.65. The first-order valence-electron chi connectivity index (χ1n) is 7.91. The third kappa shape index (κ3) is 3.59. The molecule has 0 bridgehead atoms. The van der Waals surface area contributed by atoms with Crippen molar-refractivity contribution in [2.75, 3.05) is 37.0 Å². The summed E-state index contributed by atoms with van der Waals surface area (Å²) in [6.45, 7) is 5.82. The van der Waals surface area contributed by atoms with E-state index in [-0.39, 0.29) is 5.91 Å². The zero-order valence-electron chi connectivity index (χ0n) is 13.8. The first-order chi connectivity index (χ1) is 10.5. The molecule has 22 heavy (non-hydrogen) atoms.